The fourth-order valence-corrected chi connectivity index (χ4v) is 2.18. The molecule has 0 atom stereocenters. The first kappa shape index (κ1) is 14.0. The largest absolute Gasteiger partial charge is 0.384 e. The second kappa shape index (κ2) is 5.72. The van der Waals surface area contributed by atoms with Gasteiger partial charge in [-0.2, -0.15) is 5.26 Å². The highest BCUT2D eigenvalue weighted by molar-refractivity contribution is 9.10. The van der Waals surface area contributed by atoms with Crippen LogP contribution in [0.2, 0.25) is 0 Å². The Morgan fingerprint density at radius 2 is 2.15 bits per heavy atom. The summed E-state index contributed by atoms with van der Waals surface area (Å²) in [5.41, 5.74) is 7.83. The van der Waals surface area contributed by atoms with Crippen molar-refractivity contribution in [3.05, 3.63) is 51.6 Å². The van der Waals surface area contributed by atoms with Crippen LogP contribution in [-0.4, -0.2) is 10.9 Å². The summed E-state index contributed by atoms with van der Waals surface area (Å²) in [5, 5.41) is 11.5. The van der Waals surface area contributed by atoms with E-state index in [-0.39, 0.29) is 5.91 Å². The van der Waals surface area contributed by atoms with Gasteiger partial charge in [-0.3, -0.25) is 4.79 Å². The zero-order chi connectivity index (χ0) is 14.7. The summed E-state index contributed by atoms with van der Waals surface area (Å²) in [6.45, 7) is 1.77. The number of nitrogens with one attached hydrogen (secondary N) is 1. The van der Waals surface area contributed by atoms with Gasteiger partial charge in [0.15, 0.2) is 0 Å². The molecule has 1 aromatic heterocycles. The van der Waals surface area contributed by atoms with E-state index in [0.717, 1.165) is 0 Å². The lowest BCUT2D eigenvalue weighted by Crippen LogP contribution is -2.13. The molecule has 1 heterocycles. The number of carbonyl (C=O) groups is 1. The lowest BCUT2D eigenvalue weighted by Gasteiger charge is -2.08. The topological polar surface area (TPSA) is 91.8 Å². The number of carbonyl (C=O) groups excluding carboxylic acids is 1. The van der Waals surface area contributed by atoms with E-state index in [2.05, 4.69) is 26.2 Å². The molecule has 0 saturated carbocycles. The number of nitriles is 1. The molecule has 0 fully saturated rings. The van der Waals surface area contributed by atoms with Crippen molar-refractivity contribution in [3.8, 4) is 6.07 Å². The molecule has 20 heavy (non-hydrogen) atoms. The number of nitrogens with two attached hydrogens (primary N) is 1. The standard InChI is InChI=1S/C14H11BrN4O/c1-8-4-10(6-13(17)18-8)14(20)19-12-3-2-9(7-16)5-11(12)15/h2-6H,1H3,(H2,17,18)(H,19,20). The van der Waals surface area contributed by atoms with Crippen molar-refractivity contribution in [1.29, 1.82) is 5.26 Å². The second-order valence-corrected chi connectivity index (χ2v) is 5.04. The van der Waals surface area contributed by atoms with Crippen LogP contribution in [0.15, 0.2) is 34.8 Å². The Hall–Kier alpha value is -2.39. The Labute approximate surface area is 124 Å². The number of pyridine rings is 1. The Bertz CT molecular complexity index is 701. The summed E-state index contributed by atoms with van der Waals surface area (Å²) >= 11 is 3.32. The zero-order valence-electron chi connectivity index (χ0n) is 10.6. The van der Waals surface area contributed by atoms with Crippen LogP contribution in [0.25, 0.3) is 0 Å². The number of aryl methyl sites for hydroxylation is 1. The molecule has 0 unspecified atom stereocenters. The number of hydrogen-bond acceptors (Lipinski definition) is 4. The smallest absolute Gasteiger partial charge is 0.255 e. The lowest BCUT2D eigenvalue weighted by atomic mass is 10.2. The number of nitrogen functional groups attached to an aromatic ring is 1. The maximum Gasteiger partial charge on any atom is 0.255 e. The Kier molecular flexibility index (Phi) is 4.01. The second-order valence-electron chi connectivity index (χ2n) is 4.18. The van der Waals surface area contributed by atoms with Crippen molar-refractivity contribution >= 4 is 33.3 Å². The van der Waals surface area contributed by atoms with Gasteiger partial charge in [-0.1, -0.05) is 0 Å². The van der Waals surface area contributed by atoms with Gasteiger partial charge in [0.1, 0.15) is 5.82 Å². The number of rotatable bonds is 2. The summed E-state index contributed by atoms with van der Waals surface area (Å²) < 4.78 is 0.642. The molecule has 0 aliphatic carbocycles. The van der Waals surface area contributed by atoms with Crippen LogP contribution in [-0.2, 0) is 0 Å². The molecule has 0 aliphatic heterocycles. The summed E-state index contributed by atoms with van der Waals surface area (Å²) in [5.74, 6) is 0.0154. The SMILES string of the molecule is Cc1cc(C(=O)Nc2ccc(C#N)cc2Br)cc(N)n1. The quantitative estimate of drug-likeness (QED) is 0.885. The van der Waals surface area contributed by atoms with Gasteiger partial charge in [0.2, 0.25) is 0 Å². The van der Waals surface area contributed by atoms with Gasteiger partial charge in [-0.05, 0) is 53.2 Å². The number of halogens is 1. The van der Waals surface area contributed by atoms with Crippen LogP contribution in [0.5, 0.6) is 0 Å². The molecule has 0 radical (unpaired) electrons. The molecule has 0 spiro atoms. The molecular formula is C14H11BrN4O. The van der Waals surface area contributed by atoms with E-state index in [1.54, 1.807) is 31.2 Å². The van der Waals surface area contributed by atoms with Crippen molar-refractivity contribution in [2.45, 2.75) is 6.92 Å². The van der Waals surface area contributed by atoms with E-state index >= 15 is 0 Å². The molecule has 1 aromatic carbocycles. The van der Waals surface area contributed by atoms with Crippen LogP contribution < -0.4 is 11.1 Å². The fraction of sp³-hybridized carbons (Fsp3) is 0.0714. The van der Waals surface area contributed by atoms with Crippen LogP contribution in [0.3, 0.4) is 0 Å². The van der Waals surface area contributed by atoms with E-state index in [1.165, 1.54) is 6.07 Å². The van der Waals surface area contributed by atoms with Gasteiger partial charge >= 0.3 is 0 Å². The van der Waals surface area contributed by atoms with E-state index in [9.17, 15) is 4.79 Å². The molecular weight excluding hydrogens is 320 g/mol. The summed E-state index contributed by atoms with van der Waals surface area (Å²) in [7, 11) is 0. The highest BCUT2D eigenvalue weighted by atomic mass is 79.9. The van der Waals surface area contributed by atoms with Crippen LogP contribution >= 0.6 is 15.9 Å². The van der Waals surface area contributed by atoms with Crippen LogP contribution in [0, 0.1) is 18.3 Å². The Morgan fingerprint density at radius 3 is 2.75 bits per heavy atom. The number of benzene rings is 1. The molecule has 6 heteroatoms. The molecule has 0 bridgehead atoms. The fourth-order valence-electron chi connectivity index (χ4n) is 1.71. The first-order valence-corrected chi connectivity index (χ1v) is 6.54. The van der Waals surface area contributed by atoms with Crippen molar-refractivity contribution in [2.75, 3.05) is 11.1 Å². The van der Waals surface area contributed by atoms with E-state index < -0.39 is 0 Å². The highest BCUT2D eigenvalue weighted by Gasteiger charge is 2.10. The van der Waals surface area contributed by atoms with Crippen molar-refractivity contribution < 1.29 is 4.79 Å². The average Bonchev–Trinajstić information content (AvgIpc) is 2.39. The highest BCUT2D eigenvalue weighted by Crippen LogP contribution is 2.24. The third-order valence-electron chi connectivity index (χ3n) is 2.58. The predicted octanol–water partition coefficient (Wildman–Crippen LogP) is 2.86. The maximum atomic E-state index is 12.1. The molecule has 5 nitrogen and oxygen atoms in total. The predicted molar refractivity (Wildman–Crippen MR) is 80.2 cm³/mol. The number of anilines is 2. The van der Waals surface area contributed by atoms with Gasteiger partial charge in [-0.25, -0.2) is 4.98 Å². The van der Waals surface area contributed by atoms with E-state index in [0.29, 0.717) is 32.8 Å². The molecule has 2 aromatic rings. The van der Waals surface area contributed by atoms with Crippen molar-refractivity contribution in [3.63, 3.8) is 0 Å². The minimum Gasteiger partial charge on any atom is -0.384 e. The minimum atomic E-state index is -0.285. The van der Waals surface area contributed by atoms with Gasteiger partial charge in [-0.15, -0.1) is 0 Å². The third-order valence-corrected chi connectivity index (χ3v) is 3.24. The number of aromatic nitrogens is 1. The number of nitrogens with zero attached hydrogens (tertiary/aromatic N) is 2. The maximum absolute atomic E-state index is 12.1. The van der Waals surface area contributed by atoms with Crippen molar-refractivity contribution in [2.24, 2.45) is 0 Å². The molecule has 100 valence electrons. The van der Waals surface area contributed by atoms with Gasteiger partial charge < -0.3 is 11.1 Å². The van der Waals surface area contributed by atoms with E-state index in [1.807, 2.05) is 6.07 Å². The first-order valence-electron chi connectivity index (χ1n) is 5.75. The molecule has 1 amide bonds. The third kappa shape index (κ3) is 3.13. The lowest BCUT2D eigenvalue weighted by molar-refractivity contribution is 0.102. The number of amides is 1. The minimum absolute atomic E-state index is 0.285. The summed E-state index contributed by atoms with van der Waals surface area (Å²) in [6, 6.07) is 10.1. The molecule has 0 saturated heterocycles. The number of hydrogen-bond donors (Lipinski definition) is 2. The van der Waals surface area contributed by atoms with Crippen molar-refractivity contribution in [1.82, 2.24) is 4.98 Å². The molecule has 3 N–H and O–H groups in total. The first-order chi connectivity index (χ1) is 9.49. The zero-order valence-corrected chi connectivity index (χ0v) is 12.2. The normalized spacial score (nSPS) is 9.85. The average molecular weight is 331 g/mol. The Balaban J connectivity index is 2.26. The van der Waals surface area contributed by atoms with Gasteiger partial charge in [0, 0.05) is 15.7 Å². The van der Waals surface area contributed by atoms with Crippen LogP contribution in [0.1, 0.15) is 21.6 Å². The summed E-state index contributed by atoms with van der Waals surface area (Å²) in [4.78, 5) is 16.2. The monoisotopic (exact) mass is 330 g/mol. The van der Waals surface area contributed by atoms with Gasteiger partial charge in [0.05, 0.1) is 17.3 Å². The van der Waals surface area contributed by atoms with E-state index in [4.69, 9.17) is 11.0 Å². The molecule has 2 rings (SSSR count). The molecule has 0 aliphatic rings. The summed E-state index contributed by atoms with van der Waals surface area (Å²) in [6.07, 6.45) is 0. The Morgan fingerprint density at radius 1 is 1.40 bits per heavy atom. The van der Waals surface area contributed by atoms with Crippen LogP contribution in [0.4, 0.5) is 11.5 Å². The van der Waals surface area contributed by atoms with Gasteiger partial charge in [0.25, 0.3) is 5.91 Å².